The van der Waals surface area contributed by atoms with Gasteiger partial charge in [-0.2, -0.15) is 0 Å². The van der Waals surface area contributed by atoms with E-state index < -0.39 is 4.92 Å². The number of nitro benzene ring substituents is 1. The van der Waals surface area contributed by atoms with E-state index in [1.807, 2.05) is 6.07 Å². The second-order valence-corrected chi connectivity index (χ2v) is 4.00. The molecule has 0 aromatic heterocycles. The molecule has 6 nitrogen and oxygen atoms in total. The molecule has 0 radical (unpaired) electrons. The summed E-state index contributed by atoms with van der Waals surface area (Å²) in [5.74, 6) is 1.25. The quantitative estimate of drug-likeness (QED) is 0.668. The van der Waals surface area contributed by atoms with Gasteiger partial charge in [0.25, 0.3) is 5.69 Å². The first-order valence-corrected chi connectivity index (χ1v) is 5.87. The summed E-state index contributed by atoms with van der Waals surface area (Å²) in [6.45, 7) is 0. The van der Waals surface area contributed by atoms with Gasteiger partial charge in [0.05, 0.1) is 19.1 Å². The van der Waals surface area contributed by atoms with E-state index in [-0.39, 0.29) is 5.69 Å². The summed E-state index contributed by atoms with van der Waals surface area (Å²) in [4.78, 5) is 10.1. The van der Waals surface area contributed by atoms with Gasteiger partial charge >= 0.3 is 0 Å². The zero-order valence-electron chi connectivity index (χ0n) is 11.1. The topological polar surface area (TPSA) is 73.6 Å². The SMILES string of the molecule is COc1ccc(Nc2ccc([N+](=O)[O-])cc2)cc1OC. The van der Waals surface area contributed by atoms with Crippen molar-refractivity contribution in [3.63, 3.8) is 0 Å². The van der Waals surface area contributed by atoms with E-state index in [1.165, 1.54) is 12.1 Å². The van der Waals surface area contributed by atoms with E-state index in [4.69, 9.17) is 9.47 Å². The van der Waals surface area contributed by atoms with Crippen molar-refractivity contribution >= 4 is 17.1 Å². The van der Waals surface area contributed by atoms with Crippen LogP contribution in [0.5, 0.6) is 11.5 Å². The van der Waals surface area contributed by atoms with Gasteiger partial charge in [-0.25, -0.2) is 0 Å². The molecule has 0 fully saturated rings. The van der Waals surface area contributed by atoms with E-state index in [1.54, 1.807) is 38.5 Å². The van der Waals surface area contributed by atoms with Gasteiger partial charge in [0.1, 0.15) is 0 Å². The number of hydrogen-bond acceptors (Lipinski definition) is 5. The Bertz CT molecular complexity index is 611. The van der Waals surface area contributed by atoms with Crippen molar-refractivity contribution in [2.24, 2.45) is 0 Å². The van der Waals surface area contributed by atoms with Crippen LogP contribution in [0.15, 0.2) is 42.5 Å². The minimum atomic E-state index is -0.430. The van der Waals surface area contributed by atoms with Crippen molar-refractivity contribution in [2.45, 2.75) is 0 Å². The molecular weight excluding hydrogens is 260 g/mol. The number of non-ortho nitro benzene ring substituents is 1. The van der Waals surface area contributed by atoms with Crippen molar-refractivity contribution in [3.05, 3.63) is 52.6 Å². The molecule has 104 valence electrons. The molecule has 0 aliphatic carbocycles. The monoisotopic (exact) mass is 274 g/mol. The predicted molar refractivity (Wildman–Crippen MR) is 75.9 cm³/mol. The highest BCUT2D eigenvalue weighted by atomic mass is 16.6. The van der Waals surface area contributed by atoms with E-state index in [9.17, 15) is 10.1 Å². The fourth-order valence-corrected chi connectivity index (χ4v) is 1.75. The Labute approximate surface area is 116 Å². The number of hydrogen-bond donors (Lipinski definition) is 1. The van der Waals surface area contributed by atoms with E-state index in [0.29, 0.717) is 11.5 Å². The fraction of sp³-hybridized carbons (Fsp3) is 0.143. The molecule has 6 heteroatoms. The largest absolute Gasteiger partial charge is 0.493 e. The summed E-state index contributed by atoms with van der Waals surface area (Å²) in [7, 11) is 3.13. The minimum Gasteiger partial charge on any atom is -0.493 e. The highest BCUT2D eigenvalue weighted by molar-refractivity contribution is 5.64. The number of ether oxygens (including phenoxy) is 2. The lowest BCUT2D eigenvalue weighted by Crippen LogP contribution is -1.94. The number of nitro groups is 1. The van der Waals surface area contributed by atoms with Gasteiger partial charge < -0.3 is 14.8 Å². The predicted octanol–water partition coefficient (Wildman–Crippen LogP) is 3.36. The molecule has 0 unspecified atom stereocenters. The maximum absolute atomic E-state index is 10.6. The van der Waals surface area contributed by atoms with E-state index in [2.05, 4.69) is 5.32 Å². The van der Waals surface area contributed by atoms with Crippen molar-refractivity contribution in [3.8, 4) is 11.5 Å². The molecule has 0 saturated carbocycles. The van der Waals surface area contributed by atoms with E-state index in [0.717, 1.165) is 11.4 Å². The van der Waals surface area contributed by atoms with Gasteiger partial charge in [-0.15, -0.1) is 0 Å². The Balaban J connectivity index is 2.19. The molecule has 1 N–H and O–H groups in total. The van der Waals surface area contributed by atoms with Gasteiger partial charge in [-0.3, -0.25) is 10.1 Å². The zero-order valence-corrected chi connectivity index (χ0v) is 11.1. The van der Waals surface area contributed by atoms with Crippen molar-refractivity contribution in [1.82, 2.24) is 0 Å². The van der Waals surface area contributed by atoms with Gasteiger partial charge in [-0.05, 0) is 24.3 Å². The Morgan fingerprint density at radius 3 is 2.10 bits per heavy atom. The summed E-state index contributed by atoms with van der Waals surface area (Å²) >= 11 is 0. The lowest BCUT2D eigenvalue weighted by atomic mass is 10.2. The third kappa shape index (κ3) is 2.97. The molecule has 0 saturated heterocycles. The van der Waals surface area contributed by atoms with Crippen LogP contribution in [0.2, 0.25) is 0 Å². The molecule has 0 heterocycles. The second-order valence-electron chi connectivity index (χ2n) is 4.00. The third-order valence-electron chi connectivity index (χ3n) is 2.75. The molecule has 0 bridgehead atoms. The molecule has 0 aliphatic heterocycles. The molecule has 0 atom stereocenters. The average molecular weight is 274 g/mol. The normalized spacial score (nSPS) is 9.90. The Morgan fingerprint density at radius 1 is 0.950 bits per heavy atom. The maximum Gasteiger partial charge on any atom is 0.269 e. The molecule has 0 aliphatic rings. The van der Waals surface area contributed by atoms with Crippen LogP contribution in [0.3, 0.4) is 0 Å². The highest BCUT2D eigenvalue weighted by Crippen LogP contribution is 2.31. The van der Waals surface area contributed by atoms with E-state index >= 15 is 0 Å². The first-order valence-electron chi connectivity index (χ1n) is 5.87. The van der Waals surface area contributed by atoms with Crippen molar-refractivity contribution in [2.75, 3.05) is 19.5 Å². The van der Waals surface area contributed by atoms with Crippen LogP contribution in [0, 0.1) is 10.1 Å². The number of nitrogens with one attached hydrogen (secondary N) is 1. The lowest BCUT2D eigenvalue weighted by molar-refractivity contribution is -0.384. The van der Waals surface area contributed by atoms with Crippen LogP contribution < -0.4 is 14.8 Å². The highest BCUT2D eigenvalue weighted by Gasteiger charge is 2.06. The van der Waals surface area contributed by atoms with Gasteiger partial charge in [-0.1, -0.05) is 0 Å². The van der Waals surface area contributed by atoms with Gasteiger partial charge in [0.2, 0.25) is 0 Å². The van der Waals surface area contributed by atoms with Gasteiger partial charge in [0, 0.05) is 29.6 Å². The minimum absolute atomic E-state index is 0.0582. The van der Waals surface area contributed by atoms with Crippen LogP contribution in [0.25, 0.3) is 0 Å². The average Bonchev–Trinajstić information content (AvgIpc) is 2.47. The van der Waals surface area contributed by atoms with Crippen LogP contribution >= 0.6 is 0 Å². The Kier molecular flexibility index (Phi) is 4.05. The first-order chi connectivity index (χ1) is 9.63. The molecule has 2 aromatic rings. The van der Waals surface area contributed by atoms with Crippen LogP contribution in [-0.4, -0.2) is 19.1 Å². The zero-order chi connectivity index (χ0) is 14.5. The number of methoxy groups -OCH3 is 2. The summed E-state index contributed by atoms with van der Waals surface area (Å²) in [5.41, 5.74) is 1.61. The Hall–Kier alpha value is -2.76. The molecule has 0 amide bonds. The van der Waals surface area contributed by atoms with Gasteiger partial charge in [0.15, 0.2) is 11.5 Å². The van der Waals surface area contributed by atoms with Crippen molar-refractivity contribution < 1.29 is 14.4 Å². The summed E-state index contributed by atoms with van der Waals surface area (Å²) in [6.07, 6.45) is 0. The number of anilines is 2. The number of benzene rings is 2. The third-order valence-corrected chi connectivity index (χ3v) is 2.75. The van der Waals surface area contributed by atoms with Crippen molar-refractivity contribution in [1.29, 1.82) is 0 Å². The molecule has 20 heavy (non-hydrogen) atoms. The lowest BCUT2D eigenvalue weighted by Gasteiger charge is -2.11. The number of nitrogens with zero attached hydrogens (tertiary/aromatic N) is 1. The first kappa shape index (κ1) is 13.7. The second kappa shape index (κ2) is 5.92. The summed E-state index contributed by atoms with van der Waals surface area (Å²) in [5, 5.41) is 13.7. The summed E-state index contributed by atoms with van der Waals surface area (Å²) < 4.78 is 10.4. The standard InChI is InChI=1S/C14H14N2O4/c1-19-13-8-5-11(9-14(13)20-2)15-10-3-6-12(7-4-10)16(17)18/h3-9,15H,1-2H3. The maximum atomic E-state index is 10.6. The smallest absolute Gasteiger partial charge is 0.269 e. The fourth-order valence-electron chi connectivity index (χ4n) is 1.75. The molecular formula is C14H14N2O4. The van der Waals surface area contributed by atoms with Crippen LogP contribution in [-0.2, 0) is 0 Å². The number of rotatable bonds is 5. The molecule has 2 rings (SSSR count). The van der Waals surface area contributed by atoms with Crippen LogP contribution in [0.1, 0.15) is 0 Å². The molecule has 0 spiro atoms. The Morgan fingerprint density at radius 2 is 1.55 bits per heavy atom. The summed E-state index contributed by atoms with van der Waals surface area (Å²) in [6, 6.07) is 11.6. The van der Waals surface area contributed by atoms with Crippen LogP contribution in [0.4, 0.5) is 17.1 Å². The molecule has 2 aromatic carbocycles.